The van der Waals surface area contributed by atoms with Crippen LogP contribution in [0, 0.1) is 0 Å². The molecule has 2 heterocycles. The number of amides is 1. The van der Waals surface area contributed by atoms with Gasteiger partial charge in [-0.15, -0.1) is 0 Å². The van der Waals surface area contributed by atoms with Gasteiger partial charge in [-0.3, -0.25) is 4.79 Å². The van der Waals surface area contributed by atoms with Crippen LogP contribution in [0.15, 0.2) is 66.9 Å². The molecule has 3 N–H and O–H groups in total. The summed E-state index contributed by atoms with van der Waals surface area (Å²) in [5.74, 6) is 0.744. The number of fused-ring (bicyclic) bond motifs is 4. The van der Waals surface area contributed by atoms with Crippen LogP contribution in [0.3, 0.4) is 0 Å². The van der Waals surface area contributed by atoms with Crippen LogP contribution in [0.5, 0.6) is 0 Å². The SMILES string of the molecule is CCn1cc(C(=O)NCc2ccc3nc(NC)cc(NC)c3c2)c2c3ccccc3ccc21. The fourth-order valence-electron chi connectivity index (χ4n) is 4.50. The van der Waals surface area contributed by atoms with Crippen molar-refractivity contribution >= 4 is 50.0 Å². The summed E-state index contributed by atoms with van der Waals surface area (Å²) in [6, 6.07) is 20.5. The fraction of sp³-hybridized carbons (Fsp3) is 0.185. The second-order valence-corrected chi connectivity index (χ2v) is 8.10. The van der Waals surface area contributed by atoms with Gasteiger partial charge in [0.15, 0.2) is 0 Å². The topological polar surface area (TPSA) is 71.0 Å². The predicted octanol–water partition coefficient (Wildman–Crippen LogP) is 5.38. The molecule has 0 aliphatic heterocycles. The number of pyridine rings is 1. The first kappa shape index (κ1) is 20.8. The van der Waals surface area contributed by atoms with Gasteiger partial charge in [0.1, 0.15) is 5.82 Å². The third-order valence-electron chi connectivity index (χ3n) is 6.21. The van der Waals surface area contributed by atoms with Crippen LogP contribution in [0.1, 0.15) is 22.8 Å². The normalized spacial score (nSPS) is 11.2. The van der Waals surface area contributed by atoms with Crippen LogP contribution >= 0.6 is 0 Å². The van der Waals surface area contributed by atoms with Crippen LogP contribution in [-0.4, -0.2) is 29.6 Å². The second kappa shape index (κ2) is 8.47. The van der Waals surface area contributed by atoms with Crippen LogP contribution in [0.2, 0.25) is 0 Å². The van der Waals surface area contributed by atoms with E-state index in [2.05, 4.69) is 62.8 Å². The van der Waals surface area contributed by atoms with Gasteiger partial charge in [0.2, 0.25) is 0 Å². The maximum Gasteiger partial charge on any atom is 0.253 e. The highest BCUT2D eigenvalue weighted by Crippen LogP contribution is 2.30. The number of nitrogens with one attached hydrogen (secondary N) is 3. The molecule has 0 aliphatic rings. The van der Waals surface area contributed by atoms with Gasteiger partial charge in [-0.05, 0) is 41.5 Å². The molecule has 0 aliphatic carbocycles. The Hall–Kier alpha value is -4.06. The van der Waals surface area contributed by atoms with Gasteiger partial charge in [0, 0.05) is 61.4 Å². The van der Waals surface area contributed by atoms with Crippen LogP contribution in [0.4, 0.5) is 11.5 Å². The molecule has 6 nitrogen and oxygen atoms in total. The van der Waals surface area contributed by atoms with Crippen molar-refractivity contribution in [1.82, 2.24) is 14.9 Å². The maximum absolute atomic E-state index is 13.3. The molecule has 5 rings (SSSR count). The Labute approximate surface area is 192 Å². The van der Waals surface area contributed by atoms with Gasteiger partial charge in [-0.1, -0.05) is 36.4 Å². The minimum atomic E-state index is -0.0684. The van der Waals surface area contributed by atoms with Crippen molar-refractivity contribution in [2.75, 3.05) is 24.7 Å². The summed E-state index contributed by atoms with van der Waals surface area (Å²) in [5, 5.41) is 13.7. The zero-order chi connectivity index (χ0) is 22.9. The maximum atomic E-state index is 13.3. The molecule has 2 aromatic heterocycles. The first-order chi connectivity index (χ1) is 16.1. The number of benzene rings is 3. The Morgan fingerprint density at radius 3 is 2.61 bits per heavy atom. The Kier molecular flexibility index (Phi) is 5.34. The molecule has 0 radical (unpaired) electrons. The lowest BCUT2D eigenvalue weighted by molar-refractivity contribution is 0.0952. The molecule has 33 heavy (non-hydrogen) atoms. The van der Waals surface area contributed by atoms with Gasteiger partial charge in [0.05, 0.1) is 11.1 Å². The van der Waals surface area contributed by atoms with E-state index in [9.17, 15) is 4.79 Å². The lowest BCUT2D eigenvalue weighted by atomic mass is 10.0. The summed E-state index contributed by atoms with van der Waals surface area (Å²) in [6.07, 6.45) is 1.97. The Balaban J connectivity index is 1.48. The molecule has 3 aromatic carbocycles. The molecule has 0 unspecified atom stereocenters. The average molecular weight is 438 g/mol. The summed E-state index contributed by atoms with van der Waals surface area (Å²) in [6.45, 7) is 3.34. The molecule has 0 fully saturated rings. The van der Waals surface area contributed by atoms with E-state index in [1.807, 2.05) is 50.6 Å². The summed E-state index contributed by atoms with van der Waals surface area (Å²) in [4.78, 5) is 17.9. The van der Waals surface area contributed by atoms with Crippen molar-refractivity contribution in [2.45, 2.75) is 20.0 Å². The van der Waals surface area contributed by atoms with Crippen LogP contribution in [0.25, 0.3) is 32.6 Å². The average Bonchev–Trinajstić information content (AvgIpc) is 3.26. The van der Waals surface area contributed by atoms with E-state index in [1.165, 1.54) is 0 Å². The highest BCUT2D eigenvalue weighted by atomic mass is 16.1. The molecular weight excluding hydrogens is 410 g/mol. The quantitative estimate of drug-likeness (QED) is 0.334. The number of rotatable bonds is 6. The largest absolute Gasteiger partial charge is 0.387 e. The molecule has 0 bridgehead atoms. The van der Waals surface area contributed by atoms with Crippen LogP contribution in [-0.2, 0) is 13.1 Å². The number of carbonyl (C=O) groups is 1. The van der Waals surface area contributed by atoms with Gasteiger partial charge in [-0.25, -0.2) is 4.98 Å². The lowest BCUT2D eigenvalue weighted by Crippen LogP contribution is -2.22. The first-order valence-corrected chi connectivity index (χ1v) is 11.2. The van der Waals surface area contributed by atoms with Gasteiger partial charge >= 0.3 is 0 Å². The van der Waals surface area contributed by atoms with Crippen molar-refractivity contribution in [3.05, 3.63) is 78.0 Å². The zero-order valence-electron chi connectivity index (χ0n) is 19.1. The lowest BCUT2D eigenvalue weighted by Gasteiger charge is -2.11. The van der Waals surface area contributed by atoms with E-state index in [0.29, 0.717) is 12.1 Å². The molecule has 1 amide bonds. The highest BCUT2D eigenvalue weighted by molar-refractivity contribution is 6.17. The van der Waals surface area contributed by atoms with E-state index in [4.69, 9.17) is 0 Å². The summed E-state index contributed by atoms with van der Waals surface area (Å²) in [5.41, 5.74) is 4.71. The Morgan fingerprint density at radius 2 is 1.82 bits per heavy atom. The van der Waals surface area contributed by atoms with Crippen molar-refractivity contribution < 1.29 is 4.79 Å². The smallest absolute Gasteiger partial charge is 0.253 e. The van der Waals surface area contributed by atoms with E-state index in [1.54, 1.807) is 0 Å². The van der Waals surface area contributed by atoms with Gasteiger partial charge in [-0.2, -0.15) is 0 Å². The molecule has 5 aromatic rings. The third-order valence-corrected chi connectivity index (χ3v) is 6.21. The summed E-state index contributed by atoms with van der Waals surface area (Å²) < 4.78 is 2.14. The highest BCUT2D eigenvalue weighted by Gasteiger charge is 2.17. The number of hydrogen-bond acceptors (Lipinski definition) is 4. The monoisotopic (exact) mass is 437 g/mol. The second-order valence-electron chi connectivity index (χ2n) is 8.10. The molecule has 0 saturated heterocycles. The number of anilines is 2. The molecule has 0 spiro atoms. The Bertz CT molecular complexity index is 1500. The van der Waals surface area contributed by atoms with E-state index in [-0.39, 0.29) is 5.91 Å². The molecule has 6 heteroatoms. The van der Waals surface area contributed by atoms with Crippen molar-refractivity contribution in [1.29, 1.82) is 0 Å². The predicted molar refractivity (Wildman–Crippen MR) is 137 cm³/mol. The minimum Gasteiger partial charge on any atom is -0.387 e. The molecule has 166 valence electrons. The first-order valence-electron chi connectivity index (χ1n) is 11.2. The van der Waals surface area contributed by atoms with E-state index < -0.39 is 0 Å². The van der Waals surface area contributed by atoms with Crippen molar-refractivity contribution in [2.24, 2.45) is 0 Å². The van der Waals surface area contributed by atoms with Crippen LogP contribution < -0.4 is 16.0 Å². The summed E-state index contributed by atoms with van der Waals surface area (Å²) >= 11 is 0. The number of carbonyl (C=O) groups excluding carboxylic acids is 1. The molecular formula is C27H27N5O. The third kappa shape index (κ3) is 3.63. The molecule has 0 saturated carbocycles. The summed E-state index contributed by atoms with van der Waals surface area (Å²) in [7, 11) is 3.76. The van der Waals surface area contributed by atoms with E-state index >= 15 is 0 Å². The minimum absolute atomic E-state index is 0.0684. The molecule has 0 atom stereocenters. The fourth-order valence-corrected chi connectivity index (χ4v) is 4.50. The van der Waals surface area contributed by atoms with Crippen molar-refractivity contribution in [3.63, 3.8) is 0 Å². The van der Waals surface area contributed by atoms with Gasteiger partial charge in [0.25, 0.3) is 5.91 Å². The standard InChI is InChI=1S/C27H27N5O/c1-4-32-16-21(26-19-8-6-5-7-18(19)10-12-24(26)32)27(33)30-15-17-9-11-22-20(13-17)23(28-2)14-25(29-3)31-22/h5-14,16H,4,15H2,1-3H3,(H,30,33)(H2,28,29,31). The zero-order valence-corrected chi connectivity index (χ0v) is 19.1. The number of nitrogens with zero attached hydrogens (tertiary/aromatic N) is 2. The number of aryl methyl sites for hydroxylation is 1. The van der Waals surface area contributed by atoms with Gasteiger partial charge < -0.3 is 20.5 Å². The van der Waals surface area contributed by atoms with Crippen molar-refractivity contribution in [3.8, 4) is 0 Å². The Morgan fingerprint density at radius 1 is 0.970 bits per heavy atom. The number of aromatic nitrogens is 2. The number of hydrogen-bond donors (Lipinski definition) is 3. The van der Waals surface area contributed by atoms with E-state index in [0.717, 1.165) is 56.2 Å².